The molecular formula is C21H32N4O2S3. The van der Waals surface area contributed by atoms with Crippen LogP contribution < -0.4 is 26.1 Å². The third kappa shape index (κ3) is 8.49. The second kappa shape index (κ2) is 12.1. The highest BCUT2D eigenvalue weighted by atomic mass is 33.1. The number of nitrogens with one attached hydrogen (secondary N) is 2. The maximum atomic E-state index is 12.2. The van der Waals surface area contributed by atoms with Crippen LogP contribution in [0.3, 0.4) is 0 Å². The lowest BCUT2D eigenvalue weighted by Crippen LogP contribution is -2.35. The Bertz CT molecular complexity index is 893. The number of likely N-dealkylation sites (N-methyl/N-ethyl adjacent to an activating group) is 1. The predicted molar refractivity (Wildman–Crippen MR) is 134 cm³/mol. The van der Waals surface area contributed by atoms with Crippen molar-refractivity contribution in [3.63, 3.8) is 0 Å². The van der Waals surface area contributed by atoms with E-state index in [9.17, 15) is 9.59 Å². The van der Waals surface area contributed by atoms with Crippen LogP contribution in [0.25, 0.3) is 12.7 Å². The molecule has 30 heavy (non-hydrogen) atoms. The monoisotopic (exact) mass is 468 g/mol. The predicted octanol–water partition coefficient (Wildman–Crippen LogP) is 1.88. The Labute approximate surface area is 191 Å². The maximum Gasteiger partial charge on any atom is 0.261 e. The number of rotatable bonds is 8. The van der Waals surface area contributed by atoms with Crippen LogP contribution in [0.4, 0.5) is 0 Å². The summed E-state index contributed by atoms with van der Waals surface area (Å²) in [4.78, 5) is 25.0. The van der Waals surface area contributed by atoms with Gasteiger partial charge in [0.1, 0.15) is 6.29 Å². The van der Waals surface area contributed by atoms with Crippen LogP contribution in [0.1, 0.15) is 29.9 Å². The Hall–Kier alpha value is -1.84. The van der Waals surface area contributed by atoms with Crippen molar-refractivity contribution in [2.75, 3.05) is 26.9 Å². The number of hydrogen-bond acceptors (Lipinski definition) is 8. The van der Waals surface area contributed by atoms with Crippen LogP contribution >= 0.6 is 32.9 Å². The van der Waals surface area contributed by atoms with E-state index >= 15 is 0 Å². The van der Waals surface area contributed by atoms with Crippen molar-refractivity contribution in [2.24, 2.45) is 5.73 Å². The summed E-state index contributed by atoms with van der Waals surface area (Å²) in [5.74, 6) is -0.0469. The van der Waals surface area contributed by atoms with Crippen molar-refractivity contribution in [3.8, 4) is 0 Å². The molecule has 0 bridgehead atoms. The molecule has 0 aromatic carbocycles. The lowest BCUT2D eigenvalue weighted by atomic mass is 10.2. The van der Waals surface area contributed by atoms with Crippen LogP contribution in [-0.4, -0.2) is 54.8 Å². The first-order chi connectivity index (χ1) is 14.0. The minimum absolute atomic E-state index is 0.00893. The standard InChI is InChI=1S/C15H22N2OS3.C6H10N2O/c1-10(16-5)7-12-8-13(20-11(12)2)14(18)17-9-15(3,4)21-19-6;1-8-3-5(7)2-6(8)4-9/h7-8,16H,1-2,9H2,3-6H3,(H,17,18);3-4,6H,2,7H2,1H3/b12-7-;. The Morgan fingerprint density at radius 1 is 1.50 bits per heavy atom. The number of carbonyl (C=O) groups excluding carboxylic acids is 2. The van der Waals surface area contributed by atoms with Gasteiger partial charge in [0.2, 0.25) is 0 Å². The van der Waals surface area contributed by atoms with Crippen LogP contribution in [0.15, 0.2) is 30.2 Å². The summed E-state index contributed by atoms with van der Waals surface area (Å²) >= 11 is 1.40. The van der Waals surface area contributed by atoms with Gasteiger partial charge in [0.25, 0.3) is 5.91 Å². The van der Waals surface area contributed by atoms with E-state index in [4.69, 9.17) is 5.73 Å². The normalized spacial score (nSPS) is 16.4. The summed E-state index contributed by atoms with van der Waals surface area (Å²) in [6.45, 7) is 12.7. The van der Waals surface area contributed by atoms with Gasteiger partial charge in [0, 0.05) is 53.9 Å². The van der Waals surface area contributed by atoms with E-state index in [1.165, 1.54) is 11.3 Å². The third-order valence-electron chi connectivity index (χ3n) is 4.19. The summed E-state index contributed by atoms with van der Waals surface area (Å²) in [5, 5.41) is 6.88. The molecule has 0 aliphatic carbocycles. The fourth-order valence-electron chi connectivity index (χ4n) is 2.51. The van der Waals surface area contributed by atoms with Crippen LogP contribution in [-0.2, 0) is 4.79 Å². The number of thiophene rings is 1. The Balaban J connectivity index is 0.000000414. The van der Waals surface area contributed by atoms with Gasteiger partial charge in [-0.2, -0.15) is 0 Å². The van der Waals surface area contributed by atoms with E-state index in [0.717, 1.165) is 27.4 Å². The van der Waals surface area contributed by atoms with Gasteiger partial charge in [-0.25, -0.2) is 0 Å². The number of amides is 1. The van der Waals surface area contributed by atoms with Crippen molar-refractivity contribution in [1.29, 1.82) is 0 Å². The van der Waals surface area contributed by atoms with E-state index in [1.807, 2.05) is 37.4 Å². The second-order valence-corrected chi connectivity index (χ2v) is 11.6. The molecule has 2 heterocycles. The van der Waals surface area contributed by atoms with Crippen LogP contribution in [0, 0.1) is 0 Å². The lowest BCUT2D eigenvalue weighted by molar-refractivity contribution is -0.110. The molecule has 1 atom stereocenters. The first-order valence-corrected chi connectivity index (χ1v) is 12.7. The summed E-state index contributed by atoms with van der Waals surface area (Å²) in [5.41, 5.74) is 7.03. The number of hydrogen-bond donors (Lipinski definition) is 3. The first kappa shape index (κ1) is 26.2. The molecule has 6 nitrogen and oxygen atoms in total. The van der Waals surface area contributed by atoms with E-state index in [1.54, 1.807) is 27.8 Å². The molecule has 2 rings (SSSR count). The maximum absolute atomic E-state index is 12.2. The van der Waals surface area contributed by atoms with Gasteiger partial charge in [-0.3, -0.25) is 4.79 Å². The summed E-state index contributed by atoms with van der Waals surface area (Å²) in [6, 6.07) is 1.84. The van der Waals surface area contributed by atoms with Crippen molar-refractivity contribution < 1.29 is 9.59 Å². The molecule has 0 fully saturated rings. The molecule has 4 N–H and O–H groups in total. The zero-order chi connectivity index (χ0) is 22.9. The fraction of sp³-hybridized carbons (Fsp3) is 0.429. The molecule has 1 aromatic rings. The summed E-state index contributed by atoms with van der Waals surface area (Å²) in [7, 11) is 7.12. The van der Waals surface area contributed by atoms with Crippen molar-refractivity contribution in [3.05, 3.63) is 44.9 Å². The quantitative estimate of drug-likeness (QED) is 0.397. The van der Waals surface area contributed by atoms with Gasteiger partial charge < -0.3 is 26.1 Å². The molecule has 1 amide bonds. The smallest absolute Gasteiger partial charge is 0.261 e. The average Bonchev–Trinajstić information content (AvgIpc) is 3.21. The molecule has 0 spiro atoms. The van der Waals surface area contributed by atoms with E-state index in [0.29, 0.717) is 17.8 Å². The number of allylic oxidation sites excluding steroid dienone is 1. The van der Waals surface area contributed by atoms with Crippen molar-refractivity contribution >= 4 is 57.8 Å². The van der Waals surface area contributed by atoms with Gasteiger partial charge in [0.15, 0.2) is 0 Å². The molecule has 0 radical (unpaired) electrons. The molecule has 1 aliphatic rings. The van der Waals surface area contributed by atoms with E-state index < -0.39 is 0 Å². The van der Waals surface area contributed by atoms with Gasteiger partial charge >= 0.3 is 0 Å². The highest BCUT2D eigenvalue weighted by Crippen LogP contribution is 2.32. The summed E-state index contributed by atoms with van der Waals surface area (Å²) in [6.07, 6.45) is 7.32. The fourth-order valence-corrected chi connectivity index (χ4v) is 5.48. The Morgan fingerprint density at radius 3 is 2.63 bits per heavy atom. The molecule has 0 saturated heterocycles. The van der Waals surface area contributed by atoms with Gasteiger partial charge in [-0.15, -0.1) is 11.3 Å². The highest BCUT2D eigenvalue weighted by molar-refractivity contribution is 8.76. The molecule has 166 valence electrons. The minimum atomic E-state index is -0.0469. The number of carbonyl (C=O) groups is 2. The molecule has 0 saturated carbocycles. The molecular weight excluding hydrogens is 436 g/mol. The highest BCUT2D eigenvalue weighted by Gasteiger charge is 2.20. The lowest BCUT2D eigenvalue weighted by Gasteiger charge is -2.22. The zero-order valence-corrected chi connectivity index (χ0v) is 20.7. The van der Waals surface area contributed by atoms with E-state index in [-0.39, 0.29) is 16.7 Å². The third-order valence-corrected chi connectivity index (χ3v) is 7.82. The Kier molecular flexibility index (Phi) is 10.6. The van der Waals surface area contributed by atoms with Crippen molar-refractivity contribution in [1.82, 2.24) is 15.5 Å². The number of nitrogens with zero attached hydrogens (tertiary/aromatic N) is 1. The first-order valence-electron chi connectivity index (χ1n) is 9.33. The van der Waals surface area contributed by atoms with Crippen molar-refractivity contribution in [2.45, 2.75) is 31.1 Å². The largest absolute Gasteiger partial charge is 0.401 e. The van der Waals surface area contributed by atoms with Gasteiger partial charge in [0.05, 0.1) is 10.9 Å². The van der Waals surface area contributed by atoms with Gasteiger partial charge in [-0.05, 0) is 37.5 Å². The number of aldehydes is 1. The SMILES string of the molecule is C=C(/C=c1/cc(C(=O)NCC(C)(C)SSC)sc1=C)NC.CN1C=C(N)CC1C=O. The van der Waals surface area contributed by atoms with Crippen LogP contribution in [0.2, 0.25) is 0 Å². The average molecular weight is 469 g/mol. The molecule has 9 heteroatoms. The minimum Gasteiger partial charge on any atom is -0.401 e. The topological polar surface area (TPSA) is 87.5 Å². The second-order valence-electron chi connectivity index (χ2n) is 7.38. The van der Waals surface area contributed by atoms with Crippen LogP contribution in [0.5, 0.6) is 0 Å². The number of nitrogens with two attached hydrogens (primary N) is 1. The summed E-state index contributed by atoms with van der Waals surface area (Å²) < 4.78 is 0.879. The molecule has 1 aliphatic heterocycles. The van der Waals surface area contributed by atoms with E-state index in [2.05, 4.69) is 37.6 Å². The Morgan fingerprint density at radius 2 is 2.17 bits per heavy atom. The molecule has 1 unspecified atom stereocenters. The van der Waals surface area contributed by atoms with Gasteiger partial charge in [-0.1, -0.05) is 34.7 Å². The molecule has 1 aromatic heterocycles. The zero-order valence-electron chi connectivity index (χ0n) is 18.3.